The van der Waals surface area contributed by atoms with Crippen LogP contribution in [0.25, 0.3) is 22.0 Å². The quantitative estimate of drug-likeness (QED) is 0.671. The van der Waals surface area contributed by atoms with Gasteiger partial charge < -0.3 is 16.2 Å². The molecule has 0 unspecified atom stereocenters. The van der Waals surface area contributed by atoms with E-state index in [1.807, 2.05) is 0 Å². The lowest BCUT2D eigenvalue weighted by Crippen LogP contribution is -2.28. The van der Waals surface area contributed by atoms with Crippen LogP contribution in [0, 0.1) is 6.92 Å². The van der Waals surface area contributed by atoms with Gasteiger partial charge in [-0.15, -0.1) is 0 Å². The highest BCUT2D eigenvalue weighted by molar-refractivity contribution is 5.98. The third-order valence-electron chi connectivity index (χ3n) is 5.05. The summed E-state index contributed by atoms with van der Waals surface area (Å²) in [4.78, 5) is 13.5. The van der Waals surface area contributed by atoms with Crippen molar-refractivity contribution in [2.45, 2.75) is 44.8 Å². The summed E-state index contributed by atoms with van der Waals surface area (Å²) in [5, 5.41) is 13.8. The number of nitrogens with zero attached hydrogens (tertiary/aromatic N) is 3. The summed E-state index contributed by atoms with van der Waals surface area (Å²) in [6.07, 6.45) is 6.81. The van der Waals surface area contributed by atoms with Crippen molar-refractivity contribution in [2.24, 2.45) is 0 Å². The highest BCUT2D eigenvalue weighted by atomic mass is 16.3. The highest BCUT2D eigenvalue weighted by Crippen LogP contribution is 2.30. The number of fused-ring (bicyclic) bond motifs is 1. The number of hydrogen-bond acceptors (Lipinski definition) is 6. The Kier molecular flexibility index (Phi) is 4.42. The first-order chi connectivity index (χ1) is 12.6. The minimum absolute atomic E-state index is 0.176. The lowest BCUT2D eigenvalue weighted by atomic mass is 9.93. The van der Waals surface area contributed by atoms with E-state index >= 15 is 0 Å². The van der Waals surface area contributed by atoms with Crippen molar-refractivity contribution in [1.29, 1.82) is 0 Å². The third kappa shape index (κ3) is 3.32. The fourth-order valence-electron chi connectivity index (χ4n) is 3.46. The molecule has 1 saturated carbocycles. The zero-order valence-electron chi connectivity index (χ0n) is 14.8. The van der Waals surface area contributed by atoms with Gasteiger partial charge in [0.25, 0.3) is 0 Å². The molecule has 3 aromatic rings. The maximum absolute atomic E-state index is 9.67. The lowest BCUT2D eigenvalue weighted by Gasteiger charge is -2.26. The topological polar surface area (TPSA) is 97.0 Å². The summed E-state index contributed by atoms with van der Waals surface area (Å²) < 4.78 is 0. The van der Waals surface area contributed by atoms with E-state index in [1.165, 1.54) is 5.56 Å². The summed E-state index contributed by atoms with van der Waals surface area (Å²) in [5.41, 5.74) is 10.0. The number of nitrogens with one attached hydrogen (secondary N) is 1. The Morgan fingerprint density at radius 2 is 1.77 bits per heavy atom. The Morgan fingerprint density at radius 3 is 2.50 bits per heavy atom. The van der Waals surface area contributed by atoms with Crippen molar-refractivity contribution < 1.29 is 5.11 Å². The number of nitrogen functional groups attached to an aromatic ring is 1. The predicted molar refractivity (Wildman–Crippen MR) is 104 cm³/mol. The van der Waals surface area contributed by atoms with Crippen LogP contribution in [0.5, 0.6) is 0 Å². The fourth-order valence-corrected chi connectivity index (χ4v) is 3.46. The van der Waals surface area contributed by atoms with Gasteiger partial charge in [-0.2, -0.15) is 0 Å². The van der Waals surface area contributed by atoms with Gasteiger partial charge in [-0.25, -0.2) is 15.0 Å². The van der Waals surface area contributed by atoms with Crippen LogP contribution < -0.4 is 11.1 Å². The van der Waals surface area contributed by atoms with Gasteiger partial charge in [0.1, 0.15) is 5.82 Å². The van der Waals surface area contributed by atoms with Crippen LogP contribution in [0.1, 0.15) is 31.2 Å². The molecule has 2 aromatic heterocycles. The molecular formula is C20H23N5O. The second kappa shape index (κ2) is 6.88. The number of rotatable bonds is 3. The molecule has 0 radical (unpaired) electrons. The second-order valence-corrected chi connectivity index (χ2v) is 7.03. The number of pyridine rings is 1. The van der Waals surface area contributed by atoms with E-state index in [0.717, 1.165) is 47.7 Å². The van der Waals surface area contributed by atoms with Crippen molar-refractivity contribution in [3.63, 3.8) is 0 Å². The van der Waals surface area contributed by atoms with Crippen LogP contribution in [-0.4, -0.2) is 32.2 Å². The van der Waals surface area contributed by atoms with E-state index in [2.05, 4.69) is 46.5 Å². The Labute approximate surface area is 152 Å². The molecule has 1 aliphatic rings. The van der Waals surface area contributed by atoms with Crippen LogP contribution in [0.3, 0.4) is 0 Å². The number of aliphatic hydroxyl groups excluding tert-OH is 1. The Morgan fingerprint density at radius 1 is 1.04 bits per heavy atom. The van der Waals surface area contributed by atoms with E-state index in [0.29, 0.717) is 11.8 Å². The summed E-state index contributed by atoms with van der Waals surface area (Å²) in [6, 6.07) is 8.58. The summed E-state index contributed by atoms with van der Waals surface area (Å²) in [5.74, 6) is 1.03. The molecule has 6 heteroatoms. The minimum atomic E-state index is -0.176. The molecule has 1 aromatic carbocycles. The molecule has 26 heavy (non-hydrogen) atoms. The summed E-state index contributed by atoms with van der Waals surface area (Å²) >= 11 is 0. The monoisotopic (exact) mass is 349 g/mol. The average Bonchev–Trinajstić information content (AvgIpc) is 2.65. The van der Waals surface area contributed by atoms with Crippen LogP contribution in [0.15, 0.2) is 36.7 Å². The van der Waals surface area contributed by atoms with Crippen molar-refractivity contribution in [3.8, 4) is 11.1 Å². The highest BCUT2D eigenvalue weighted by Gasteiger charge is 2.20. The number of nitrogens with two attached hydrogens (primary N) is 1. The summed E-state index contributed by atoms with van der Waals surface area (Å²) in [6.45, 7) is 2.06. The number of aliphatic hydroxyl groups is 1. The maximum atomic E-state index is 9.67. The van der Waals surface area contributed by atoms with E-state index in [4.69, 9.17) is 10.7 Å². The van der Waals surface area contributed by atoms with E-state index in [1.54, 1.807) is 12.4 Å². The molecule has 0 bridgehead atoms. The lowest BCUT2D eigenvalue weighted by molar-refractivity contribution is 0.126. The van der Waals surface area contributed by atoms with Gasteiger partial charge >= 0.3 is 0 Å². The second-order valence-electron chi connectivity index (χ2n) is 7.03. The molecule has 6 nitrogen and oxygen atoms in total. The minimum Gasteiger partial charge on any atom is -0.393 e. The van der Waals surface area contributed by atoms with Gasteiger partial charge in [0.15, 0.2) is 0 Å². The zero-order valence-corrected chi connectivity index (χ0v) is 14.8. The Balaban J connectivity index is 1.71. The van der Waals surface area contributed by atoms with E-state index in [-0.39, 0.29) is 12.1 Å². The number of aryl methyl sites for hydroxylation is 1. The summed E-state index contributed by atoms with van der Waals surface area (Å²) in [7, 11) is 0. The molecule has 4 rings (SSSR count). The smallest absolute Gasteiger partial charge is 0.223 e. The predicted octanol–water partition coefficient (Wildman–Crippen LogP) is 3.30. The van der Waals surface area contributed by atoms with Gasteiger partial charge in [0, 0.05) is 24.0 Å². The largest absolute Gasteiger partial charge is 0.393 e. The van der Waals surface area contributed by atoms with Crippen LogP contribution in [0.4, 0.5) is 11.8 Å². The molecule has 0 aliphatic heterocycles. The molecule has 4 N–H and O–H groups in total. The molecular weight excluding hydrogens is 326 g/mol. The zero-order chi connectivity index (χ0) is 18.1. The molecule has 0 saturated heterocycles. The standard InChI is InChI=1S/C20H23N5O/c1-12-2-4-13(5-3-12)16-10-22-19(21)17-11-23-20(25-18(16)17)24-14-6-8-15(26)9-7-14/h2-5,10-11,14-15,26H,6-9H2,1H3,(H2,21,22)(H,23,24,25)/t14-,15-. The van der Waals surface area contributed by atoms with Gasteiger partial charge in [-0.05, 0) is 38.2 Å². The van der Waals surface area contributed by atoms with Crippen molar-refractivity contribution >= 4 is 22.7 Å². The maximum Gasteiger partial charge on any atom is 0.223 e. The van der Waals surface area contributed by atoms with Gasteiger partial charge in [0.2, 0.25) is 5.95 Å². The first-order valence-corrected chi connectivity index (χ1v) is 9.03. The van der Waals surface area contributed by atoms with E-state index < -0.39 is 0 Å². The number of anilines is 2. The molecule has 1 fully saturated rings. The molecule has 0 amide bonds. The van der Waals surface area contributed by atoms with Gasteiger partial charge in [-0.1, -0.05) is 29.8 Å². The Bertz CT molecular complexity index is 917. The SMILES string of the molecule is Cc1ccc(-c2cnc(N)c3cnc(N[C@H]4CC[C@H](O)CC4)nc23)cc1. The number of hydrogen-bond donors (Lipinski definition) is 3. The van der Waals surface area contributed by atoms with E-state index in [9.17, 15) is 5.11 Å². The fraction of sp³-hybridized carbons (Fsp3) is 0.350. The van der Waals surface area contributed by atoms with Crippen molar-refractivity contribution in [2.75, 3.05) is 11.1 Å². The Hall–Kier alpha value is -2.73. The van der Waals surface area contributed by atoms with Gasteiger partial charge in [-0.3, -0.25) is 0 Å². The molecule has 0 spiro atoms. The number of benzene rings is 1. The van der Waals surface area contributed by atoms with Crippen LogP contribution in [-0.2, 0) is 0 Å². The van der Waals surface area contributed by atoms with Gasteiger partial charge in [0.05, 0.1) is 17.0 Å². The van der Waals surface area contributed by atoms with Crippen LogP contribution in [0.2, 0.25) is 0 Å². The first kappa shape index (κ1) is 16.7. The third-order valence-corrected chi connectivity index (χ3v) is 5.05. The molecule has 1 aliphatic carbocycles. The normalized spacial score (nSPS) is 20.2. The van der Waals surface area contributed by atoms with Crippen molar-refractivity contribution in [3.05, 3.63) is 42.2 Å². The van der Waals surface area contributed by atoms with Crippen molar-refractivity contribution in [1.82, 2.24) is 15.0 Å². The molecule has 2 heterocycles. The number of aromatic nitrogens is 3. The molecule has 0 atom stereocenters. The molecule has 134 valence electrons. The first-order valence-electron chi connectivity index (χ1n) is 9.03. The van der Waals surface area contributed by atoms with Crippen LogP contribution >= 0.6 is 0 Å². The average molecular weight is 349 g/mol.